The van der Waals surface area contributed by atoms with Gasteiger partial charge in [-0.25, -0.2) is 4.98 Å². The number of nitrogens with zero attached hydrogens (tertiary/aromatic N) is 4. The SMILES string of the molecule is c1ccc(-c2nc(-c3ccc4c(c3)oc3c(-c5ccccc5)cccc34)nc(-n3c4ccccc4c4cc5c(cc43)C(c3ccccc3)(c3ccccc3)c3ccccc3-5)n2)cc1. The Kier molecular flexibility index (Phi) is 7.75. The van der Waals surface area contributed by atoms with Crippen LogP contribution in [0.25, 0.3) is 94.7 Å². The Morgan fingerprint density at radius 1 is 0.365 bits per heavy atom. The van der Waals surface area contributed by atoms with Crippen LogP contribution in [0.15, 0.2) is 223 Å². The number of para-hydroxylation sites is 2. The van der Waals surface area contributed by atoms with Crippen molar-refractivity contribution in [3.8, 4) is 51.0 Å². The van der Waals surface area contributed by atoms with Gasteiger partial charge in [-0.05, 0) is 69.3 Å². The van der Waals surface area contributed by atoms with Crippen molar-refractivity contribution in [1.29, 1.82) is 0 Å². The quantitative estimate of drug-likeness (QED) is 0.168. The number of benzene rings is 9. The van der Waals surface area contributed by atoms with Crippen LogP contribution in [0.1, 0.15) is 22.3 Å². The molecule has 0 unspecified atom stereocenters. The Balaban J connectivity index is 1.08. The van der Waals surface area contributed by atoms with E-state index in [1.54, 1.807) is 0 Å². The molecule has 5 nitrogen and oxygen atoms in total. The van der Waals surface area contributed by atoms with Crippen molar-refractivity contribution in [1.82, 2.24) is 19.5 Å². The maximum absolute atomic E-state index is 6.72. The van der Waals surface area contributed by atoms with Crippen LogP contribution < -0.4 is 0 Å². The summed E-state index contributed by atoms with van der Waals surface area (Å²) in [5.41, 5.74) is 14.4. The van der Waals surface area contributed by atoms with Crippen molar-refractivity contribution in [2.24, 2.45) is 0 Å². The van der Waals surface area contributed by atoms with Crippen molar-refractivity contribution >= 4 is 43.7 Å². The highest BCUT2D eigenvalue weighted by Gasteiger charge is 2.46. The minimum absolute atomic E-state index is 0.543. The second kappa shape index (κ2) is 13.8. The Bertz CT molecular complexity index is 3690. The first-order valence-corrected chi connectivity index (χ1v) is 21.4. The molecule has 3 heterocycles. The molecule has 0 atom stereocenters. The van der Waals surface area contributed by atoms with Crippen LogP contribution >= 0.6 is 0 Å². The van der Waals surface area contributed by atoms with Crippen LogP contribution in [0.2, 0.25) is 0 Å². The summed E-state index contributed by atoms with van der Waals surface area (Å²) >= 11 is 0. The molecule has 0 saturated heterocycles. The summed E-state index contributed by atoms with van der Waals surface area (Å²) in [4.78, 5) is 15.9. The molecule has 0 bridgehead atoms. The first kappa shape index (κ1) is 35.4. The second-order valence-electron chi connectivity index (χ2n) is 16.3. The lowest BCUT2D eigenvalue weighted by Gasteiger charge is -2.34. The number of hydrogen-bond acceptors (Lipinski definition) is 4. The molecule has 12 aromatic rings. The van der Waals surface area contributed by atoms with Gasteiger partial charge in [0.15, 0.2) is 11.6 Å². The van der Waals surface area contributed by atoms with Crippen LogP contribution in [0.3, 0.4) is 0 Å². The average Bonchev–Trinajstić information content (AvgIpc) is 4.00. The maximum atomic E-state index is 6.72. The van der Waals surface area contributed by atoms with Crippen LogP contribution in [0.4, 0.5) is 0 Å². The molecule has 13 rings (SSSR count). The van der Waals surface area contributed by atoms with Gasteiger partial charge >= 0.3 is 0 Å². The van der Waals surface area contributed by atoms with Gasteiger partial charge in [0.05, 0.1) is 16.4 Å². The third-order valence-electron chi connectivity index (χ3n) is 12.9. The van der Waals surface area contributed by atoms with E-state index in [0.29, 0.717) is 17.6 Å². The molecule has 0 amide bonds. The Morgan fingerprint density at radius 2 is 0.968 bits per heavy atom. The van der Waals surface area contributed by atoms with Crippen molar-refractivity contribution in [2.45, 2.75) is 5.41 Å². The van der Waals surface area contributed by atoms with E-state index >= 15 is 0 Å². The van der Waals surface area contributed by atoms with Crippen LogP contribution in [0, 0.1) is 0 Å². The minimum atomic E-state index is -0.564. The van der Waals surface area contributed by atoms with E-state index in [1.165, 1.54) is 33.4 Å². The first-order valence-electron chi connectivity index (χ1n) is 21.4. The summed E-state index contributed by atoms with van der Waals surface area (Å²) in [6.07, 6.45) is 0. The van der Waals surface area contributed by atoms with Gasteiger partial charge in [0.1, 0.15) is 11.2 Å². The largest absolute Gasteiger partial charge is 0.455 e. The van der Waals surface area contributed by atoms with Crippen molar-refractivity contribution < 1.29 is 4.42 Å². The molecule has 63 heavy (non-hydrogen) atoms. The van der Waals surface area contributed by atoms with E-state index in [0.717, 1.165) is 66.0 Å². The van der Waals surface area contributed by atoms with Crippen LogP contribution in [-0.4, -0.2) is 19.5 Å². The third kappa shape index (κ3) is 5.27. The number of hydrogen-bond donors (Lipinski definition) is 0. The standard InChI is InChI=1S/C58H36N4O/c1-5-18-37(19-6-1)42-28-17-29-46-45-33-32-39(34-53(45)63-54(42)46)56-59-55(38-20-7-2-8-21-38)60-57(61-56)62-51-31-16-14-27-44(51)48-35-47-43-26-13-15-30-49(43)58(50(47)36-52(48)62,40-22-9-3-10-23-40)41-24-11-4-12-25-41/h1-36H. The van der Waals surface area contributed by atoms with Gasteiger partial charge in [-0.3, -0.25) is 4.57 Å². The Hall–Kier alpha value is -8.41. The molecule has 0 fully saturated rings. The summed E-state index contributed by atoms with van der Waals surface area (Å²) in [7, 11) is 0. The fourth-order valence-corrected chi connectivity index (χ4v) is 10.2. The van der Waals surface area contributed by atoms with Gasteiger partial charge in [-0.1, -0.05) is 188 Å². The molecule has 1 aliphatic carbocycles. The molecule has 3 aromatic heterocycles. The molecular formula is C58H36N4O. The average molecular weight is 805 g/mol. The number of fused-ring (bicyclic) bond motifs is 9. The van der Waals surface area contributed by atoms with E-state index in [2.05, 4.69) is 199 Å². The molecule has 5 heteroatoms. The van der Waals surface area contributed by atoms with Gasteiger partial charge in [-0.2, -0.15) is 9.97 Å². The first-order chi connectivity index (χ1) is 31.2. The highest BCUT2D eigenvalue weighted by atomic mass is 16.3. The smallest absolute Gasteiger partial charge is 0.238 e. The zero-order valence-corrected chi connectivity index (χ0v) is 34.0. The van der Waals surface area contributed by atoms with E-state index in [1.807, 2.05) is 24.3 Å². The molecular weight excluding hydrogens is 769 g/mol. The molecule has 0 N–H and O–H groups in total. The van der Waals surface area contributed by atoms with Crippen LogP contribution in [-0.2, 0) is 5.41 Å². The number of rotatable bonds is 6. The molecule has 9 aromatic carbocycles. The number of aromatic nitrogens is 4. The molecule has 1 aliphatic rings. The topological polar surface area (TPSA) is 56.7 Å². The van der Waals surface area contributed by atoms with E-state index in [9.17, 15) is 0 Å². The van der Waals surface area contributed by atoms with Gasteiger partial charge in [-0.15, -0.1) is 0 Å². The summed E-state index contributed by atoms with van der Waals surface area (Å²) in [6.45, 7) is 0. The molecule has 0 aliphatic heterocycles. The minimum Gasteiger partial charge on any atom is -0.455 e. The predicted molar refractivity (Wildman–Crippen MR) is 255 cm³/mol. The lowest BCUT2D eigenvalue weighted by atomic mass is 9.67. The molecule has 0 saturated carbocycles. The second-order valence-corrected chi connectivity index (χ2v) is 16.3. The molecule has 0 spiro atoms. The summed E-state index contributed by atoms with van der Waals surface area (Å²) in [5.74, 6) is 1.70. The van der Waals surface area contributed by atoms with E-state index in [-0.39, 0.29) is 0 Å². The normalized spacial score (nSPS) is 12.9. The number of furan rings is 1. The van der Waals surface area contributed by atoms with E-state index in [4.69, 9.17) is 19.4 Å². The zero-order chi connectivity index (χ0) is 41.5. The maximum Gasteiger partial charge on any atom is 0.238 e. The molecule has 0 radical (unpaired) electrons. The highest BCUT2D eigenvalue weighted by molar-refractivity contribution is 6.12. The van der Waals surface area contributed by atoms with Crippen molar-refractivity contribution in [3.05, 3.63) is 241 Å². The van der Waals surface area contributed by atoms with Crippen molar-refractivity contribution in [2.75, 3.05) is 0 Å². The zero-order valence-electron chi connectivity index (χ0n) is 34.0. The summed E-state index contributed by atoms with van der Waals surface area (Å²) in [5, 5.41) is 4.38. The van der Waals surface area contributed by atoms with Gasteiger partial charge in [0.2, 0.25) is 5.95 Å². The third-order valence-corrected chi connectivity index (χ3v) is 12.9. The summed E-state index contributed by atoms with van der Waals surface area (Å²) < 4.78 is 8.95. The fourth-order valence-electron chi connectivity index (χ4n) is 10.2. The lowest BCUT2D eigenvalue weighted by molar-refractivity contribution is 0.670. The van der Waals surface area contributed by atoms with Crippen molar-refractivity contribution in [3.63, 3.8) is 0 Å². The monoisotopic (exact) mass is 804 g/mol. The summed E-state index contributed by atoms with van der Waals surface area (Å²) in [6, 6.07) is 77.4. The Morgan fingerprint density at radius 3 is 1.71 bits per heavy atom. The highest BCUT2D eigenvalue weighted by Crippen LogP contribution is 2.57. The molecule has 294 valence electrons. The van der Waals surface area contributed by atoms with Gasteiger partial charge in [0.25, 0.3) is 0 Å². The lowest BCUT2D eigenvalue weighted by Crippen LogP contribution is -2.28. The fraction of sp³-hybridized carbons (Fsp3) is 0.0172. The predicted octanol–water partition coefficient (Wildman–Crippen LogP) is 14.2. The van der Waals surface area contributed by atoms with Crippen LogP contribution in [0.5, 0.6) is 0 Å². The van der Waals surface area contributed by atoms with Gasteiger partial charge < -0.3 is 4.42 Å². The Labute approximate surface area is 363 Å². The van der Waals surface area contributed by atoms with Gasteiger partial charge in [0, 0.05) is 38.2 Å². The van der Waals surface area contributed by atoms with E-state index < -0.39 is 5.41 Å².